The number of carboxylic acids is 1. The maximum atomic E-state index is 12.5. The van der Waals surface area contributed by atoms with Crippen LogP contribution in [-0.2, 0) is 16.1 Å². The zero-order valence-corrected chi connectivity index (χ0v) is 14.2. The average molecular weight is 348 g/mol. The van der Waals surface area contributed by atoms with Gasteiger partial charge in [-0.25, -0.2) is 4.98 Å². The predicted octanol–water partition coefficient (Wildman–Crippen LogP) is 2.04. The van der Waals surface area contributed by atoms with E-state index in [0.717, 1.165) is 0 Å². The lowest BCUT2D eigenvalue weighted by Crippen LogP contribution is -2.47. The Morgan fingerprint density at radius 3 is 2.96 bits per heavy atom. The Morgan fingerprint density at radius 1 is 1.50 bits per heavy atom. The first-order valence-corrected chi connectivity index (χ1v) is 8.88. The molecule has 8 heteroatoms. The molecule has 0 bridgehead atoms. The second kappa shape index (κ2) is 7.12. The van der Waals surface area contributed by atoms with E-state index in [0.29, 0.717) is 25.2 Å². The van der Waals surface area contributed by atoms with Crippen LogP contribution in [0.25, 0.3) is 0 Å². The van der Waals surface area contributed by atoms with Crippen LogP contribution in [0.2, 0.25) is 0 Å². The summed E-state index contributed by atoms with van der Waals surface area (Å²) < 4.78 is 1.83. The molecule has 24 heavy (non-hydrogen) atoms. The zero-order chi connectivity index (χ0) is 17.1. The van der Waals surface area contributed by atoms with Gasteiger partial charge in [0, 0.05) is 37.3 Å². The molecule has 128 valence electrons. The van der Waals surface area contributed by atoms with Gasteiger partial charge in [-0.2, -0.15) is 5.10 Å². The quantitative estimate of drug-likeness (QED) is 0.863. The number of thiazole rings is 1. The number of likely N-dealkylation sites (tertiary alicyclic amines) is 1. The number of amides is 1. The highest BCUT2D eigenvalue weighted by molar-refractivity contribution is 7.07. The van der Waals surface area contributed by atoms with Gasteiger partial charge >= 0.3 is 5.97 Å². The Balaban J connectivity index is 1.81. The molecule has 0 aliphatic carbocycles. The molecule has 0 saturated carbocycles. The van der Waals surface area contributed by atoms with Gasteiger partial charge in [-0.15, -0.1) is 11.3 Å². The number of carbonyl (C=O) groups is 2. The lowest BCUT2D eigenvalue weighted by molar-refractivity contribution is -0.152. The van der Waals surface area contributed by atoms with Crippen molar-refractivity contribution in [3.63, 3.8) is 0 Å². The molecular weight excluding hydrogens is 328 g/mol. The number of hydrogen-bond acceptors (Lipinski definition) is 5. The molecule has 0 radical (unpaired) electrons. The third kappa shape index (κ3) is 3.48. The highest BCUT2D eigenvalue weighted by Gasteiger charge is 2.42. The smallest absolute Gasteiger partial charge is 0.309 e. The normalized spacial score (nSPS) is 22.5. The molecule has 0 aromatic carbocycles. The molecule has 1 aliphatic rings. The van der Waals surface area contributed by atoms with Gasteiger partial charge in [-0.1, -0.05) is 6.92 Å². The fourth-order valence-corrected chi connectivity index (χ4v) is 3.86. The monoisotopic (exact) mass is 348 g/mol. The van der Waals surface area contributed by atoms with E-state index in [9.17, 15) is 14.7 Å². The number of aromatic nitrogens is 3. The summed E-state index contributed by atoms with van der Waals surface area (Å²) in [5.41, 5.74) is 2.35. The zero-order valence-electron chi connectivity index (χ0n) is 13.4. The van der Waals surface area contributed by atoms with Crippen molar-refractivity contribution >= 4 is 23.2 Å². The number of carboxylic acid groups (broad SMARTS) is 1. The number of carbonyl (C=O) groups excluding carboxylic acids is 1. The summed E-state index contributed by atoms with van der Waals surface area (Å²) in [6, 6.07) is 1.37. The first kappa shape index (κ1) is 16.6. The number of nitrogens with zero attached hydrogens (tertiary/aromatic N) is 4. The minimum atomic E-state index is -0.870. The van der Waals surface area contributed by atoms with E-state index in [1.54, 1.807) is 16.6 Å². The van der Waals surface area contributed by atoms with Gasteiger partial charge in [-0.05, 0) is 18.4 Å². The fourth-order valence-electron chi connectivity index (χ4n) is 3.28. The van der Waals surface area contributed by atoms with Crippen molar-refractivity contribution in [2.24, 2.45) is 11.8 Å². The molecule has 1 amide bonds. The van der Waals surface area contributed by atoms with E-state index in [-0.39, 0.29) is 18.2 Å². The third-order valence-electron chi connectivity index (χ3n) is 4.34. The maximum absolute atomic E-state index is 12.5. The first-order chi connectivity index (χ1) is 11.6. The van der Waals surface area contributed by atoms with Crippen molar-refractivity contribution in [3.05, 3.63) is 35.0 Å². The molecule has 7 nitrogen and oxygen atoms in total. The van der Waals surface area contributed by atoms with Gasteiger partial charge in [0.2, 0.25) is 5.91 Å². The van der Waals surface area contributed by atoms with Gasteiger partial charge in [0.25, 0.3) is 0 Å². The number of piperidine rings is 1. The van der Waals surface area contributed by atoms with Gasteiger partial charge in [-0.3, -0.25) is 14.3 Å². The molecule has 0 spiro atoms. The van der Waals surface area contributed by atoms with Crippen LogP contribution in [0.3, 0.4) is 0 Å². The molecular formula is C16H20N4O3S. The lowest BCUT2D eigenvalue weighted by atomic mass is 9.86. The highest BCUT2D eigenvalue weighted by atomic mass is 32.1. The minimum absolute atomic E-state index is 0.00202. The van der Waals surface area contributed by atoms with Crippen LogP contribution in [0.15, 0.2) is 29.4 Å². The number of aliphatic carboxylic acids is 1. The molecule has 1 N–H and O–H groups in total. The van der Waals surface area contributed by atoms with Crippen LogP contribution in [-0.4, -0.2) is 43.2 Å². The SMILES string of the molecule is C[C@H](CN1C(=O)CC[C@@H](C(=O)O)[C@H]1c1cscn1)Cn1cccn1. The number of hydrogen-bond donors (Lipinski definition) is 1. The van der Waals surface area contributed by atoms with Gasteiger partial charge < -0.3 is 10.0 Å². The average Bonchev–Trinajstić information content (AvgIpc) is 3.22. The highest BCUT2D eigenvalue weighted by Crippen LogP contribution is 2.37. The van der Waals surface area contributed by atoms with Crippen LogP contribution in [0.1, 0.15) is 31.5 Å². The topological polar surface area (TPSA) is 88.3 Å². The molecule has 1 aliphatic heterocycles. The van der Waals surface area contributed by atoms with Crippen molar-refractivity contribution in [2.75, 3.05) is 6.54 Å². The summed E-state index contributed by atoms with van der Waals surface area (Å²) in [6.07, 6.45) is 4.23. The molecule has 1 fully saturated rings. The molecule has 3 rings (SSSR count). The predicted molar refractivity (Wildman–Crippen MR) is 88.3 cm³/mol. The van der Waals surface area contributed by atoms with Crippen LogP contribution in [0.5, 0.6) is 0 Å². The summed E-state index contributed by atoms with van der Waals surface area (Å²) in [6.45, 7) is 3.21. The third-order valence-corrected chi connectivity index (χ3v) is 4.95. The van der Waals surface area contributed by atoms with Gasteiger partial charge in [0.1, 0.15) is 0 Å². The van der Waals surface area contributed by atoms with Crippen molar-refractivity contribution in [3.8, 4) is 0 Å². The Labute approximate surface area is 143 Å². The molecule has 3 heterocycles. The van der Waals surface area contributed by atoms with Crippen LogP contribution >= 0.6 is 11.3 Å². The van der Waals surface area contributed by atoms with E-state index >= 15 is 0 Å². The van der Waals surface area contributed by atoms with Crippen molar-refractivity contribution in [2.45, 2.75) is 32.4 Å². The second-order valence-corrected chi connectivity index (χ2v) is 6.94. The largest absolute Gasteiger partial charge is 0.481 e. The fraction of sp³-hybridized carbons (Fsp3) is 0.500. The number of rotatable bonds is 6. The van der Waals surface area contributed by atoms with E-state index < -0.39 is 17.9 Å². The molecule has 3 atom stereocenters. The van der Waals surface area contributed by atoms with Crippen LogP contribution in [0, 0.1) is 11.8 Å². The lowest BCUT2D eigenvalue weighted by Gasteiger charge is -2.40. The van der Waals surface area contributed by atoms with Crippen molar-refractivity contribution < 1.29 is 14.7 Å². The standard InChI is InChI=1S/C16H20N4O3S/c1-11(7-19-6-2-5-18-19)8-20-14(21)4-3-12(16(22)23)15(20)13-9-24-10-17-13/h2,5-6,9-12,15H,3-4,7-8H2,1H3,(H,22,23)/t11-,12+,15-/m0/s1. The van der Waals surface area contributed by atoms with E-state index in [1.165, 1.54) is 11.3 Å². The van der Waals surface area contributed by atoms with Gasteiger partial charge in [0.05, 0.1) is 23.2 Å². The molecule has 2 aromatic heterocycles. The molecule has 2 aromatic rings. The second-order valence-electron chi connectivity index (χ2n) is 6.22. The van der Waals surface area contributed by atoms with E-state index in [4.69, 9.17) is 0 Å². The Kier molecular flexibility index (Phi) is 4.94. The first-order valence-electron chi connectivity index (χ1n) is 7.94. The summed E-state index contributed by atoms with van der Waals surface area (Å²) in [5.74, 6) is -1.33. The minimum Gasteiger partial charge on any atom is -0.481 e. The van der Waals surface area contributed by atoms with Crippen LogP contribution < -0.4 is 0 Å². The van der Waals surface area contributed by atoms with E-state index in [1.807, 2.05) is 29.2 Å². The summed E-state index contributed by atoms with van der Waals surface area (Å²) in [7, 11) is 0. The molecule has 0 unspecified atom stereocenters. The summed E-state index contributed by atoms with van der Waals surface area (Å²) in [4.78, 5) is 30.2. The summed E-state index contributed by atoms with van der Waals surface area (Å²) >= 11 is 1.42. The van der Waals surface area contributed by atoms with Gasteiger partial charge in [0.15, 0.2) is 0 Å². The van der Waals surface area contributed by atoms with Crippen molar-refractivity contribution in [1.29, 1.82) is 0 Å². The Bertz CT molecular complexity index is 686. The summed E-state index contributed by atoms with van der Waals surface area (Å²) in [5, 5.41) is 15.6. The Morgan fingerprint density at radius 2 is 2.33 bits per heavy atom. The molecule has 1 saturated heterocycles. The Hall–Kier alpha value is -2.22. The maximum Gasteiger partial charge on any atom is 0.309 e. The van der Waals surface area contributed by atoms with Crippen LogP contribution in [0.4, 0.5) is 0 Å². The van der Waals surface area contributed by atoms with Crippen molar-refractivity contribution in [1.82, 2.24) is 19.7 Å². The van der Waals surface area contributed by atoms with E-state index in [2.05, 4.69) is 10.1 Å².